The van der Waals surface area contributed by atoms with Crippen LogP contribution in [0.1, 0.15) is 32.9 Å². The van der Waals surface area contributed by atoms with Crippen molar-refractivity contribution >= 4 is 13.5 Å². The van der Waals surface area contributed by atoms with Gasteiger partial charge in [-0.15, -0.1) is 0 Å². The average Bonchev–Trinajstić information content (AvgIpc) is 3.47. The number of para-hydroxylation sites is 1. The lowest BCUT2D eigenvalue weighted by atomic mass is 9.85. The van der Waals surface area contributed by atoms with Gasteiger partial charge in [-0.25, -0.2) is 9.88 Å². The molecule has 3 aliphatic rings. The number of aromatic amines is 1. The van der Waals surface area contributed by atoms with Crippen LogP contribution in [0.2, 0.25) is 0 Å². The maximum absolute atomic E-state index is 14.5. The van der Waals surface area contributed by atoms with Crippen LogP contribution in [0.15, 0.2) is 52.2 Å². The number of ether oxygens (including phenoxy) is 3. The first-order valence-corrected chi connectivity index (χ1v) is 13.2. The van der Waals surface area contributed by atoms with Crippen LogP contribution < -0.4 is 20.9 Å². The third-order valence-corrected chi connectivity index (χ3v) is 9.88. The van der Waals surface area contributed by atoms with Crippen molar-refractivity contribution in [3.05, 3.63) is 63.4 Å². The Kier molecular flexibility index (Phi) is 5.81. The number of hydrogen-bond acceptors (Lipinski definition) is 9. The van der Waals surface area contributed by atoms with Crippen LogP contribution in [0.4, 0.5) is 0 Å². The number of methoxy groups -OCH3 is 1. The molecule has 0 amide bonds. The van der Waals surface area contributed by atoms with Gasteiger partial charge in [-0.2, -0.15) is 0 Å². The van der Waals surface area contributed by atoms with E-state index in [-0.39, 0.29) is 6.42 Å². The summed E-state index contributed by atoms with van der Waals surface area (Å²) in [7, 11) is -2.74. The molecule has 1 saturated carbocycles. The first-order valence-electron chi connectivity index (χ1n) is 11.5. The van der Waals surface area contributed by atoms with Gasteiger partial charge < -0.3 is 23.8 Å². The number of aromatic nitrogens is 2. The van der Waals surface area contributed by atoms with Gasteiger partial charge in [0.05, 0.1) is 19.4 Å². The highest BCUT2D eigenvalue weighted by Gasteiger charge is 2.81. The fourth-order valence-corrected chi connectivity index (χ4v) is 8.07. The molecule has 36 heavy (non-hydrogen) atoms. The number of aliphatic hydroxyl groups excluding tert-OH is 1. The van der Waals surface area contributed by atoms with E-state index in [2.05, 4.69) is 10.1 Å². The minimum Gasteiger partial charge on any atom is -0.468 e. The van der Waals surface area contributed by atoms with E-state index in [1.807, 2.05) is 0 Å². The zero-order valence-corrected chi connectivity index (χ0v) is 20.9. The standard InChI is InChI=1S/C23H28N3O9P/c1-21(2,19(29)32-3)25-36(31,35-14-7-5-4-6-8-14)15-13-23(15)17(28)22(10-12-33-22)18(34-23)26-11-9-16(27)24-20(26)30/h4-9,11,15,17-18,28H,10,12-13H2,1-3H3,(H,25,31)(H,24,27,30)/t15-,17-,18+,22+,23-,36?/m0/s1. The molecular weight excluding hydrogens is 493 g/mol. The van der Waals surface area contributed by atoms with Gasteiger partial charge in [0.15, 0.2) is 6.23 Å². The van der Waals surface area contributed by atoms with Gasteiger partial charge in [-0.3, -0.25) is 23.7 Å². The summed E-state index contributed by atoms with van der Waals surface area (Å²) in [4.78, 5) is 38.7. The maximum atomic E-state index is 14.5. The summed E-state index contributed by atoms with van der Waals surface area (Å²) in [5, 5.41) is 14.3. The molecule has 1 aromatic carbocycles. The molecular formula is C23H28N3O9P. The summed E-state index contributed by atoms with van der Waals surface area (Å²) in [6.45, 7) is 3.36. The number of hydrogen-bond donors (Lipinski definition) is 3. The van der Waals surface area contributed by atoms with Crippen molar-refractivity contribution in [2.75, 3.05) is 13.7 Å². The van der Waals surface area contributed by atoms with Gasteiger partial charge in [0.2, 0.25) is 0 Å². The Labute approximate surface area is 206 Å². The molecule has 2 saturated heterocycles. The Bertz CT molecular complexity index is 1340. The van der Waals surface area contributed by atoms with E-state index in [0.717, 1.165) is 4.57 Å². The molecule has 12 nitrogen and oxygen atoms in total. The summed E-state index contributed by atoms with van der Waals surface area (Å²) in [6.07, 6.45) is -0.568. The lowest BCUT2D eigenvalue weighted by Crippen LogP contribution is -2.58. The summed E-state index contributed by atoms with van der Waals surface area (Å²) < 4.78 is 38.6. The number of esters is 1. The minimum atomic E-state index is -3.96. The van der Waals surface area contributed by atoms with Gasteiger partial charge in [-0.05, 0) is 32.4 Å². The molecule has 0 bridgehead atoms. The monoisotopic (exact) mass is 521 g/mol. The van der Waals surface area contributed by atoms with Crippen molar-refractivity contribution < 1.29 is 33.2 Å². The molecule has 3 N–H and O–H groups in total. The molecule has 5 rings (SSSR count). The zero-order valence-electron chi connectivity index (χ0n) is 20.0. The molecule has 1 aliphatic carbocycles. The first-order chi connectivity index (χ1) is 17.0. The largest absolute Gasteiger partial charge is 0.468 e. The van der Waals surface area contributed by atoms with Crippen LogP contribution in [-0.4, -0.2) is 62.8 Å². The highest BCUT2D eigenvalue weighted by molar-refractivity contribution is 7.58. The van der Waals surface area contributed by atoms with Crippen molar-refractivity contribution in [3.63, 3.8) is 0 Å². The number of aliphatic hydroxyl groups is 1. The first kappa shape index (κ1) is 24.9. The molecule has 6 atom stereocenters. The highest BCUT2D eigenvalue weighted by Crippen LogP contribution is 2.72. The quantitative estimate of drug-likeness (QED) is 0.353. The number of carbonyl (C=O) groups is 1. The normalized spacial score (nSPS) is 32.6. The van der Waals surface area contributed by atoms with Crippen LogP contribution in [0.3, 0.4) is 0 Å². The SMILES string of the molecule is COC(=O)C(C)(C)NP(=O)(Oc1ccccc1)[C@H]1C[C@]12O[C@@H](n1ccc(=O)[nH]c1=O)[C@@]1(CCO1)[C@@H]2O. The number of nitrogens with one attached hydrogen (secondary N) is 2. The molecule has 0 radical (unpaired) electrons. The second-order valence-corrected chi connectivity index (χ2v) is 12.1. The average molecular weight is 521 g/mol. The van der Waals surface area contributed by atoms with Gasteiger partial charge >= 0.3 is 19.2 Å². The molecule has 3 heterocycles. The summed E-state index contributed by atoms with van der Waals surface area (Å²) in [5.74, 6) is -0.356. The molecule has 13 heteroatoms. The number of nitrogens with zero attached hydrogens (tertiary/aromatic N) is 1. The van der Waals surface area contributed by atoms with Crippen LogP contribution >= 0.6 is 7.52 Å². The van der Waals surface area contributed by atoms with E-state index in [0.29, 0.717) is 18.8 Å². The van der Waals surface area contributed by atoms with Crippen LogP contribution in [0.5, 0.6) is 5.75 Å². The predicted molar refractivity (Wildman–Crippen MR) is 126 cm³/mol. The second kappa shape index (κ2) is 8.39. The second-order valence-electron chi connectivity index (χ2n) is 9.85. The van der Waals surface area contributed by atoms with Crippen LogP contribution in [0, 0.1) is 0 Å². The number of H-pyrrole nitrogens is 1. The Morgan fingerprint density at radius 3 is 2.53 bits per heavy atom. The molecule has 3 fully saturated rings. The van der Waals surface area contributed by atoms with E-state index < -0.39 is 59.5 Å². The molecule has 1 unspecified atom stereocenters. The lowest BCUT2D eigenvalue weighted by Gasteiger charge is -2.44. The molecule has 1 aromatic heterocycles. The summed E-state index contributed by atoms with van der Waals surface area (Å²) >= 11 is 0. The lowest BCUT2D eigenvalue weighted by molar-refractivity contribution is -0.227. The molecule has 2 aliphatic heterocycles. The van der Waals surface area contributed by atoms with Crippen LogP contribution in [0.25, 0.3) is 0 Å². The Balaban J connectivity index is 1.53. The van der Waals surface area contributed by atoms with Gasteiger partial charge in [0.1, 0.15) is 28.6 Å². The molecule has 2 spiro atoms. The van der Waals surface area contributed by atoms with E-state index in [9.17, 15) is 24.1 Å². The third-order valence-electron chi connectivity index (χ3n) is 7.08. The van der Waals surface area contributed by atoms with Crippen molar-refractivity contribution in [1.82, 2.24) is 14.6 Å². The van der Waals surface area contributed by atoms with E-state index >= 15 is 0 Å². The van der Waals surface area contributed by atoms with Gasteiger partial charge in [0, 0.05) is 18.7 Å². The van der Waals surface area contributed by atoms with Crippen molar-refractivity contribution in [2.24, 2.45) is 0 Å². The van der Waals surface area contributed by atoms with E-state index in [1.54, 1.807) is 30.3 Å². The minimum absolute atomic E-state index is 0.113. The smallest absolute Gasteiger partial charge is 0.330 e. The fourth-order valence-electron chi connectivity index (χ4n) is 5.14. The summed E-state index contributed by atoms with van der Waals surface area (Å²) in [5.41, 5.74) is -6.23. The number of rotatable bonds is 7. The van der Waals surface area contributed by atoms with Gasteiger partial charge in [-0.1, -0.05) is 18.2 Å². The van der Waals surface area contributed by atoms with E-state index in [4.69, 9.17) is 18.7 Å². The molecule has 2 aromatic rings. The van der Waals surface area contributed by atoms with Crippen molar-refractivity contribution in [1.29, 1.82) is 0 Å². The maximum Gasteiger partial charge on any atom is 0.330 e. The third kappa shape index (κ3) is 3.75. The highest BCUT2D eigenvalue weighted by atomic mass is 31.2. The summed E-state index contributed by atoms with van der Waals surface area (Å²) in [6, 6.07) is 9.62. The van der Waals surface area contributed by atoms with Crippen molar-refractivity contribution in [2.45, 2.75) is 61.4 Å². The Hall–Kier alpha value is -2.76. The Morgan fingerprint density at radius 1 is 1.25 bits per heavy atom. The fraction of sp³-hybridized carbons (Fsp3) is 0.522. The number of carbonyl (C=O) groups excluding carboxylic acids is 1. The Morgan fingerprint density at radius 2 is 1.94 bits per heavy atom. The zero-order chi connectivity index (χ0) is 25.9. The number of benzene rings is 1. The van der Waals surface area contributed by atoms with E-state index in [1.165, 1.54) is 33.2 Å². The molecule has 194 valence electrons. The van der Waals surface area contributed by atoms with Gasteiger partial charge in [0.25, 0.3) is 5.56 Å². The van der Waals surface area contributed by atoms with Crippen molar-refractivity contribution in [3.8, 4) is 5.75 Å². The predicted octanol–water partition coefficient (Wildman–Crippen LogP) is 0.910. The van der Waals surface area contributed by atoms with Crippen LogP contribution in [-0.2, 0) is 23.6 Å². The topological polar surface area (TPSA) is 158 Å².